The van der Waals surface area contributed by atoms with Crippen LogP contribution in [-0.4, -0.2) is 15.0 Å². The molecule has 0 spiro atoms. The average molecular weight is 223 g/mol. The summed E-state index contributed by atoms with van der Waals surface area (Å²) in [4.78, 5) is 11.3. The lowest BCUT2D eigenvalue weighted by atomic mass is 10.3. The van der Waals surface area contributed by atoms with Crippen LogP contribution in [-0.2, 0) is 0 Å². The van der Waals surface area contributed by atoms with E-state index in [2.05, 4.69) is 20.3 Å². The number of hydrogen-bond donors (Lipinski definition) is 2. The van der Waals surface area contributed by atoms with Gasteiger partial charge < -0.3 is 10.3 Å². The average Bonchev–Trinajstić information content (AvgIpc) is 2.74. The Balaban J connectivity index is 2.06. The van der Waals surface area contributed by atoms with Crippen LogP contribution in [0.25, 0.3) is 0 Å². The molecule has 0 aliphatic carbocycles. The second-order valence-electron chi connectivity index (χ2n) is 3.20. The quantitative estimate of drug-likeness (QED) is 0.840. The maximum absolute atomic E-state index is 5.74. The van der Waals surface area contributed by atoms with Crippen molar-refractivity contribution in [2.24, 2.45) is 0 Å². The molecule has 2 heterocycles. The first-order chi connectivity index (χ1) is 7.25. The summed E-state index contributed by atoms with van der Waals surface area (Å²) in [5.74, 6) is 1.66. The second-order valence-corrected chi connectivity index (χ2v) is 3.64. The summed E-state index contributed by atoms with van der Waals surface area (Å²) in [6.45, 7) is 2.01. The van der Waals surface area contributed by atoms with Gasteiger partial charge in [-0.05, 0) is 19.1 Å². The summed E-state index contributed by atoms with van der Waals surface area (Å²) >= 11 is 5.74. The van der Waals surface area contributed by atoms with Crippen LogP contribution >= 0.6 is 11.6 Å². The summed E-state index contributed by atoms with van der Waals surface area (Å²) in [5.41, 5.74) is 0. The van der Waals surface area contributed by atoms with Crippen LogP contribution in [0.2, 0.25) is 5.02 Å². The van der Waals surface area contributed by atoms with Crippen molar-refractivity contribution in [2.75, 3.05) is 5.32 Å². The Morgan fingerprint density at radius 3 is 2.87 bits per heavy atom. The standard InChI is InChI=1S/C10H11ClN4/c1-7(10-12-4-5-13-10)15-9-3-2-8(11)6-14-9/h2-7H,1H3,(H,12,13)(H,14,15). The van der Waals surface area contributed by atoms with E-state index in [1.807, 2.05) is 13.0 Å². The molecule has 0 fully saturated rings. The SMILES string of the molecule is CC(Nc1ccc(Cl)cn1)c1ncc[nH]1. The monoisotopic (exact) mass is 222 g/mol. The lowest BCUT2D eigenvalue weighted by molar-refractivity contribution is 0.804. The third-order valence-corrected chi connectivity index (χ3v) is 2.24. The number of rotatable bonds is 3. The molecule has 0 aliphatic rings. The van der Waals surface area contributed by atoms with E-state index >= 15 is 0 Å². The lowest BCUT2D eigenvalue weighted by Gasteiger charge is -2.11. The number of aromatic amines is 1. The zero-order valence-corrected chi connectivity index (χ0v) is 8.99. The molecule has 15 heavy (non-hydrogen) atoms. The van der Waals surface area contributed by atoms with E-state index in [0.717, 1.165) is 11.6 Å². The van der Waals surface area contributed by atoms with Gasteiger partial charge in [0.15, 0.2) is 0 Å². The normalized spacial score (nSPS) is 12.4. The fourth-order valence-electron chi connectivity index (χ4n) is 1.27. The molecule has 2 N–H and O–H groups in total. The third kappa shape index (κ3) is 2.47. The first kappa shape index (κ1) is 9.98. The fraction of sp³-hybridized carbons (Fsp3) is 0.200. The predicted molar refractivity (Wildman–Crippen MR) is 59.9 cm³/mol. The Hall–Kier alpha value is -1.55. The Morgan fingerprint density at radius 2 is 2.27 bits per heavy atom. The van der Waals surface area contributed by atoms with Crippen molar-refractivity contribution in [2.45, 2.75) is 13.0 Å². The van der Waals surface area contributed by atoms with Gasteiger partial charge in [0.1, 0.15) is 11.6 Å². The highest BCUT2D eigenvalue weighted by molar-refractivity contribution is 6.30. The van der Waals surface area contributed by atoms with Crippen LogP contribution in [0.3, 0.4) is 0 Å². The number of nitrogens with one attached hydrogen (secondary N) is 2. The summed E-state index contributed by atoms with van der Waals surface area (Å²) in [7, 11) is 0. The zero-order valence-electron chi connectivity index (χ0n) is 8.24. The highest BCUT2D eigenvalue weighted by Gasteiger charge is 2.07. The molecule has 1 unspecified atom stereocenters. The van der Waals surface area contributed by atoms with Crippen molar-refractivity contribution in [1.29, 1.82) is 0 Å². The number of nitrogens with zero attached hydrogens (tertiary/aromatic N) is 2. The van der Waals surface area contributed by atoms with Gasteiger partial charge in [-0.15, -0.1) is 0 Å². The number of aromatic nitrogens is 3. The number of H-pyrrole nitrogens is 1. The molecule has 78 valence electrons. The molecule has 0 aromatic carbocycles. The van der Waals surface area contributed by atoms with Gasteiger partial charge in [-0.25, -0.2) is 9.97 Å². The minimum atomic E-state index is 0.0914. The molecular formula is C10H11ClN4. The molecule has 5 heteroatoms. The molecule has 2 aromatic heterocycles. The highest BCUT2D eigenvalue weighted by atomic mass is 35.5. The number of halogens is 1. The summed E-state index contributed by atoms with van der Waals surface area (Å²) in [6, 6.07) is 3.72. The van der Waals surface area contributed by atoms with E-state index in [-0.39, 0.29) is 6.04 Å². The minimum Gasteiger partial charge on any atom is -0.360 e. The second kappa shape index (κ2) is 4.31. The molecular weight excluding hydrogens is 212 g/mol. The summed E-state index contributed by atoms with van der Waals surface area (Å²) in [5, 5.41) is 3.84. The van der Waals surface area contributed by atoms with Gasteiger partial charge in [0.2, 0.25) is 0 Å². The van der Waals surface area contributed by atoms with Crippen LogP contribution in [0.5, 0.6) is 0 Å². The zero-order chi connectivity index (χ0) is 10.7. The Labute approximate surface area is 92.7 Å². The smallest absolute Gasteiger partial charge is 0.128 e. The highest BCUT2D eigenvalue weighted by Crippen LogP contribution is 2.15. The van der Waals surface area contributed by atoms with Crippen LogP contribution in [0.1, 0.15) is 18.8 Å². The van der Waals surface area contributed by atoms with Gasteiger partial charge in [0.25, 0.3) is 0 Å². The molecule has 0 bridgehead atoms. The van der Waals surface area contributed by atoms with Crippen LogP contribution in [0.15, 0.2) is 30.7 Å². The maximum Gasteiger partial charge on any atom is 0.128 e. The molecule has 4 nitrogen and oxygen atoms in total. The first-order valence-corrected chi connectivity index (χ1v) is 5.01. The van der Waals surface area contributed by atoms with Crippen molar-refractivity contribution >= 4 is 17.4 Å². The Kier molecular flexibility index (Phi) is 2.87. The summed E-state index contributed by atoms with van der Waals surface area (Å²) in [6.07, 6.45) is 5.13. The maximum atomic E-state index is 5.74. The van der Waals surface area contributed by atoms with Crippen molar-refractivity contribution < 1.29 is 0 Å². The molecule has 0 saturated heterocycles. The van der Waals surface area contributed by atoms with Crippen molar-refractivity contribution in [3.05, 3.63) is 41.6 Å². The molecule has 2 aromatic rings. The van der Waals surface area contributed by atoms with E-state index in [1.165, 1.54) is 0 Å². The van der Waals surface area contributed by atoms with Crippen molar-refractivity contribution in [3.63, 3.8) is 0 Å². The molecule has 2 rings (SSSR count). The van der Waals surface area contributed by atoms with Crippen LogP contribution in [0, 0.1) is 0 Å². The molecule has 0 saturated carbocycles. The number of anilines is 1. The molecule has 1 atom stereocenters. The van der Waals surface area contributed by atoms with E-state index in [1.54, 1.807) is 24.7 Å². The largest absolute Gasteiger partial charge is 0.360 e. The molecule has 0 amide bonds. The van der Waals surface area contributed by atoms with Crippen LogP contribution in [0.4, 0.5) is 5.82 Å². The van der Waals surface area contributed by atoms with Gasteiger partial charge >= 0.3 is 0 Å². The third-order valence-electron chi connectivity index (χ3n) is 2.02. The van der Waals surface area contributed by atoms with Gasteiger partial charge in [-0.3, -0.25) is 0 Å². The van der Waals surface area contributed by atoms with E-state index in [9.17, 15) is 0 Å². The molecule has 0 radical (unpaired) electrons. The first-order valence-electron chi connectivity index (χ1n) is 4.63. The number of imidazole rings is 1. The minimum absolute atomic E-state index is 0.0914. The van der Waals surface area contributed by atoms with Gasteiger partial charge in [0, 0.05) is 18.6 Å². The van der Waals surface area contributed by atoms with Gasteiger partial charge in [0.05, 0.1) is 11.1 Å². The van der Waals surface area contributed by atoms with Gasteiger partial charge in [-0.1, -0.05) is 11.6 Å². The predicted octanol–water partition coefficient (Wildman–Crippen LogP) is 2.63. The van der Waals surface area contributed by atoms with Gasteiger partial charge in [-0.2, -0.15) is 0 Å². The van der Waals surface area contributed by atoms with Crippen molar-refractivity contribution in [3.8, 4) is 0 Å². The van der Waals surface area contributed by atoms with Crippen LogP contribution < -0.4 is 5.32 Å². The lowest BCUT2D eigenvalue weighted by Crippen LogP contribution is -2.09. The topological polar surface area (TPSA) is 53.6 Å². The molecule has 0 aliphatic heterocycles. The number of hydrogen-bond acceptors (Lipinski definition) is 3. The Bertz CT molecular complexity index is 409. The van der Waals surface area contributed by atoms with E-state index < -0.39 is 0 Å². The van der Waals surface area contributed by atoms with Crippen molar-refractivity contribution in [1.82, 2.24) is 15.0 Å². The van der Waals surface area contributed by atoms with E-state index in [0.29, 0.717) is 5.02 Å². The fourth-order valence-corrected chi connectivity index (χ4v) is 1.38. The number of pyridine rings is 1. The van der Waals surface area contributed by atoms with E-state index in [4.69, 9.17) is 11.6 Å². The Morgan fingerprint density at radius 1 is 1.40 bits per heavy atom. The summed E-state index contributed by atoms with van der Waals surface area (Å²) < 4.78 is 0.